The number of benzene rings is 1. The second-order valence-electron chi connectivity index (χ2n) is 3.17. The summed E-state index contributed by atoms with van der Waals surface area (Å²) >= 11 is -0.535. The molecule has 100 valence electrons. The van der Waals surface area contributed by atoms with Crippen LogP contribution in [0.15, 0.2) is 17.0 Å². The minimum Gasteiger partial charge on any atom is -0.465 e. The van der Waals surface area contributed by atoms with Crippen molar-refractivity contribution in [3.05, 3.63) is 28.8 Å². The third-order valence-electron chi connectivity index (χ3n) is 2.06. The Morgan fingerprint density at radius 1 is 1.47 bits per heavy atom. The molecular weight excluding hydrogens is 283 g/mol. The molecule has 4 nitrogen and oxygen atoms in total. The molecule has 0 N–H and O–H groups in total. The van der Waals surface area contributed by atoms with E-state index in [0.29, 0.717) is 0 Å². The van der Waals surface area contributed by atoms with Crippen LogP contribution in [0, 0.1) is 11.3 Å². The molecule has 0 unspecified atom stereocenters. The molecule has 19 heavy (non-hydrogen) atoms. The Hall–Kier alpha value is -2.01. The highest BCUT2D eigenvalue weighted by Crippen LogP contribution is 2.39. The number of ether oxygens (including phenoxy) is 1. The van der Waals surface area contributed by atoms with Crippen LogP contribution in [-0.4, -0.2) is 24.9 Å². The van der Waals surface area contributed by atoms with Gasteiger partial charge < -0.3 is 4.74 Å². The Labute approximate surface area is 110 Å². The number of alkyl halides is 3. The molecule has 8 heteroatoms. The van der Waals surface area contributed by atoms with E-state index in [1.165, 1.54) is 0 Å². The minimum absolute atomic E-state index is 0.0984. The molecular formula is C11H6F3NO3S. The van der Waals surface area contributed by atoms with Gasteiger partial charge in [-0.15, -0.1) is 0 Å². The van der Waals surface area contributed by atoms with Crippen LogP contribution in [0.2, 0.25) is 0 Å². The lowest BCUT2D eigenvalue weighted by molar-refractivity contribution is -0.0328. The second-order valence-corrected chi connectivity index (χ2v) is 4.28. The van der Waals surface area contributed by atoms with Crippen molar-refractivity contribution in [1.82, 2.24) is 0 Å². The van der Waals surface area contributed by atoms with Crippen molar-refractivity contribution >= 4 is 24.0 Å². The molecule has 1 aromatic rings. The average molecular weight is 289 g/mol. The molecule has 0 saturated heterocycles. The largest absolute Gasteiger partial charge is 0.465 e. The molecule has 1 rings (SSSR count). The molecule has 0 saturated carbocycles. The van der Waals surface area contributed by atoms with E-state index in [1.807, 2.05) is 0 Å². The number of hydrogen-bond acceptors (Lipinski definition) is 5. The van der Waals surface area contributed by atoms with Gasteiger partial charge in [-0.1, -0.05) is 0 Å². The van der Waals surface area contributed by atoms with Crippen LogP contribution in [0.3, 0.4) is 0 Å². The normalized spacial score (nSPS) is 10.7. The summed E-state index contributed by atoms with van der Waals surface area (Å²) in [5.41, 5.74) is -5.80. The van der Waals surface area contributed by atoms with E-state index >= 15 is 0 Å². The van der Waals surface area contributed by atoms with Crippen molar-refractivity contribution in [2.45, 2.75) is 10.4 Å². The molecule has 0 amide bonds. The Kier molecular flexibility index (Phi) is 4.56. The van der Waals surface area contributed by atoms with Gasteiger partial charge in [0.1, 0.15) is 6.07 Å². The quantitative estimate of drug-likeness (QED) is 0.486. The molecule has 1 aromatic carbocycles. The van der Waals surface area contributed by atoms with Gasteiger partial charge >= 0.3 is 11.5 Å². The van der Waals surface area contributed by atoms with Crippen LogP contribution in [0.4, 0.5) is 13.2 Å². The smallest absolute Gasteiger partial charge is 0.446 e. The summed E-state index contributed by atoms with van der Waals surface area (Å²) in [7, 11) is 1.00. The van der Waals surface area contributed by atoms with Gasteiger partial charge in [-0.05, 0) is 23.9 Å². The average Bonchev–Trinajstić information content (AvgIpc) is 2.35. The summed E-state index contributed by atoms with van der Waals surface area (Å²) in [5.74, 6) is -1.04. The van der Waals surface area contributed by atoms with E-state index in [-0.39, 0.29) is 11.8 Å². The number of thioether (sulfide) groups is 1. The number of esters is 1. The minimum atomic E-state index is -4.61. The highest BCUT2D eigenvalue weighted by atomic mass is 32.2. The van der Waals surface area contributed by atoms with Crippen LogP contribution >= 0.6 is 11.8 Å². The summed E-state index contributed by atoms with van der Waals surface area (Å²) in [6.45, 7) is 0. The number of methoxy groups -OCH3 is 1. The monoisotopic (exact) mass is 289 g/mol. The number of aldehydes is 1. The summed E-state index contributed by atoms with van der Waals surface area (Å²) in [6.07, 6.45) is 0.0984. The Morgan fingerprint density at radius 3 is 2.53 bits per heavy atom. The molecule has 0 radical (unpaired) electrons. The van der Waals surface area contributed by atoms with Gasteiger partial charge in [0.2, 0.25) is 0 Å². The topological polar surface area (TPSA) is 67.2 Å². The Morgan fingerprint density at radius 2 is 2.11 bits per heavy atom. The summed E-state index contributed by atoms with van der Waals surface area (Å²) in [5, 5.41) is 8.80. The maximum atomic E-state index is 12.3. The van der Waals surface area contributed by atoms with Gasteiger partial charge in [-0.25, -0.2) is 4.79 Å². The zero-order valence-corrected chi connectivity index (χ0v) is 10.3. The molecule has 0 aliphatic rings. The van der Waals surface area contributed by atoms with Crippen LogP contribution in [0.5, 0.6) is 0 Å². The SMILES string of the molecule is COC(=O)c1c(C#N)ccc(SC(F)(F)F)c1C=O. The molecule has 0 aliphatic carbocycles. The summed E-state index contributed by atoms with van der Waals surface area (Å²) < 4.78 is 41.3. The first-order chi connectivity index (χ1) is 8.84. The van der Waals surface area contributed by atoms with Crippen molar-refractivity contribution in [2.24, 2.45) is 0 Å². The van der Waals surface area contributed by atoms with Crippen LogP contribution in [-0.2, 0) is 4.74 Å². The number of carbonyl (C=O) groups is 2. The lowest BCUT2D eigenvalue weighted by Gasteiger charge is -2.11. The van der Waals surface area contributed by atoms with Crippen molar-refractivity contribution in [3.8, 4) is 6.07 Å². The maximum Gasteiger partial charge on any atom is 0.446 e. The predicted octanol–water partition coefficient (Wildman–Crippen LogP) is 2.77. The van der Waals surface area contributed by atoms with Gasteiger partial charge in [0.15, 0.2) is 6.29 Å². The Balaban J connectivity index is 3.50. The van der Waals surface area contributed by atoms with Gasteiger partial charge in [0.25, 0.3) is 0 Å². The molecule has 0 heterocycles. The van der Waals surface area contributed by atoms with E-state index in [9.17, 15) is 22.8 Å². The van der Waals surface area contributed by atoms with Gasteiger partial charge in [0.05, 0.1) is 18.2 Å². The van der Waals surface area contributed by atoms with Gasteiger partial charge in [-0.2, -0.15) is 18.4 Å². The third kappa shape index (κ3) is 3.48. The van der Waals surface area contributed by atoms with E-state index in [2.05, 4.69) is 4.74 Å². The zero-order valence-electron chi connectivity index (χ0n) is 9.45. The van der Waals surface area contributed by atoms with E-state index < -0.39 is 39.3 Å². The lowest BCUT2D eigenvalue weighted by Crippen LogP contribution is -2.11. The second kappa shape index (κ2) is 5.75. The Bertz CT molecular complexity index is 564. The molecule has 0 atom stereocenters. The summed E-state index contributed by atoms with van der Waals surface area (Å²) in [4.78, 5) is 21.9. The number of halogens is 3. The summed E-state index contributed by atoms with van der Waals surface area (Å²) in [6, 6.07) is 3.63. The number of rotatable bonds is 3. The van der Waals surface area contributed by atoms with Crippen LogP contribution < -0.4 is 0 Å². The standard InChI is InChI=1S/C11H6F3NO3S/c1-18-10(17)9-6(4-15)2-3-8(7(9)5-16)19-11(12,13)14/h2-3,5H,1H3. The van der Waals surface area contributed by atoms with Crippen molar-refractivity contribution in [2.75, 3.05) is 7.11 Å². The first-order valence-electron chi connectivity index (χ1n) is 4.70. The first-order valence-corrected chi connectivity index (χ1v) is 5.52. The first kappa shape index (κ1) is 15.0. The molecule has 0 fully saturated rings. The number of nitrogens with zero attached hydrogens (tertiary/aromatic N) is 1. The number of hydrogen-bond donors (Lipinski definition) is 0. The molecule has 0 bridgehead atoms. The van der Waals surface area contributed by atoms with E-state index in [1.54, 1.807) is 6.07 Å². The fourth-order valence-electron chi connectivity index (χ4n) is 1.35. The van der Waals surface area contributed by atoms with Gasteiger partial charge in [0, 0.05) is 10.5 Å². The highest BCUT2D eigenvalue weighted by Gasteiger charge is 2.32. The fourth-order valence-corrected chi connectivity index (χ4v) is 1.99. The molecule has 0 aliphatic heterocycles. The zero-order chi connectivity index (χ0) is 14.6. The van der Waals surface area contributed by atoms with Crippen molar-refractivity contribution < 1.29 is 27.5 Å². The molecule has 0 aromatic heterocycles. The lowest BCUT2D eigenvalue weighted by atomic mass is 10.0. The van der Waals surface area contributed by atoms with Crippen molar-refractivity contribution in [3.63, 3.8) is 0 Å². The highest BCUT2D eigenvalue weighted by molar-refractivity contribution is 8.00. The van der Waals surface area contributed by atoms with Crippen LogP contribution in [0.25, 0.3) is 0 Å². The van der Waals surface area contributed by atoms with Gasteiger partial charge in [-0.3, -0.25) is 4.79 Å². The fraction of sp³-hybridized carbons (Fsp3) is 0.182. The number of carbonyl (C=O) groups excluding carboxylic acids is 2. The predicted molar refractivity (Wildman–Crippen MR) is 59.8 cm³/mol. The number of nitriles is 1. The maximum absolute atomic E-state index is 12.3. The van der Waals surface area contributed by atoms with Crippen LogP contribution in [0.1, 0.15) is 26.3 Å². The molecule has 0 spiro atoms. The van der Waals surface area contributed by atoms with Crippen molar-refractivity contribution in [1.29, 1.82) is 5.26 Å². The van der Waals surface area contributed by atoms with E-state index in [4.69, 9.17) is 5.26 Å². The third-order valence-corrected chi connectivity index (χ3v) is 2.87. The van der Waals surface area contributed by atoms with E-state index in [0.717, 1.165) is 19.2 Å².